The fourth-order valence-electron chi connectivity index (χ4n) is 5.03. The second kappa shape index (κ2) is 7.28. The first-order valence-corrected chi connectivity index (χ1v) is 9.70. The Morgan fingerprint density at radius 3 is 2.72 bits per heavy atom. The van der Waals surface area contributed by atoms with Gasteiger partial charge in [0, 0.05) is 12.5 Å². The third kappa shape index (κ3) is 3.33. The monoisotopic (exact) mass is 362 g/mol. The lowest BCUT2D eigenvalue weighted by Crippen LogP contribution is -2.41. The summed E-state index contributed by atoms with van der Waals surface area (Å²) >= 11 is 0. The average molecular weight is 363 g/mol. The first kappa shape index (κ1) is 18.7. The number of hydrogen-bond donors (Lipinski definition) is 1. The Bertz CT molecular complexity index is 639. The van der Waals surface area contributed by atoms with Crippen molar-refractivity contribution in [1.82, 2.24) is 10.2 Å². The summed E-state index contributed by atoms with van der Waals surface area (Å²) in [6, 6.07) is 6.87. The third-order valence-electron chi connectivity index (χ3n) is 6.88. The second-order valence-corrected chi connectivity index (χ2v) is 8.20. The molecule has 138 valence electrons. The van der Waals surface area contributed by atoms with E-state index in [0.717, 1.165) is 38.9 Å². The van der Waals surface area contributed by atoms with E-state index in [2.05, 4.69) is 42.3 Å². The Kier molecular flexibility index (Phi) is 5.45. The van der Waals surface area contributed by atoms with Gasteiger partial charge in [-0.3, -0.25) is 4.79 Å². The van der Waals surface area contributed by atoms with Gasteiger partial charge in [-0.25, -0.2) is 0 Å². The van der Waals surface area contributed by atoms with Gasteiger partial charge in [-0.1, -0.05) is 18.2 Å². The Morgan fingerprint density at radius 2 is 1.96 bits per heavy atom. The van der Waals surface area contributed by atoms with Gasteiger partial charge < -0.3 is 10.2 Å². The fourth-order valence-corrected chi connectivity index (χ4v) is 5.03. The molecule has 4 rings (SSSR count). The topological polar surface area (TPSA) is 32.3 Å². The number of hydrogen-bond acceptors (Lipinski definition) is 2. The van der Waals surface area contributed by atoms with Gasteiger partial charge in [0.25, 0.3) is 0 Å². The van der Waals surface area contributed by atoms with Crippen molar-refractivity contribution in [3.05, 3.63) is 34.9 Å². The molecule has 1 saturated carbocycles. The zero-order chi connectivity index (χ0) is 16.7. The van der Waals surface area contributed by atoms with Gasteiger partial charge in [-0.15, -0.1) is 12.4 Å². The molecule has 0 radical (unpaired) electrons. The highest BCUT2D eigenvalue weighted by molar-refractivity contribution is 5.85. The number of carbonyl (C=O) groups excluding carboxylic acids is 1. The van der Waals surface area contributed by atoms with Crippen LogP contribution < -0.4 is 5.32 Å². The third-order valence-corrected chi connectivity index (χ3v) is 6.88. The molecular weight excluding hydrogens is 332 g/mol. The standard InChI is InChI=1S/C21H30N2O.ClH/c1-15-6-5-7-17(16(15)2)19-8-3-4-13-23(19)20(24)18-14-21(18)9-11-22-12-10-21;/h5-7,18-19,22H,3-4,8-14H2,1-2H3;1H. The maximum absolute atomic E-state index is 13.3. The van der Waals surface area contributed by atoms with Crippen LogP contribution in [-0.2, 0) is 4.79 Å². The molecule has 3 aliphatic rings. The summed E-state index contributed by atoms with van der Waals surface area (Å²) in [5.74, 6) is 0.743. The lowest BCUT2D eigenvalue weighted by Gasteiger charge is -2.38. The van der Waals surface area contributed by atoms with E-state index in [1.807, 2.05) is 0 Å². The lowest BCUT2D eigenvalue weighted by atomic mass is 9.88. The molecule has 1 aliphatic carbocycles. The number of likely N-dealkylation sites (tertiary alicyclic amines) is 1. The first-order valence-electron chi connectivity index (χ1n) is 9.70. The molecule has 1 spiro atoms. The molecule has 1 amide bonds. The molecule has 2 atom stereocenters. The van der Waals surface area contributed by atoms with Crippen molar-refractivity contribution in [1.29, 1.82) is 0 Å². The number of nitrogens with one attached hydrogen (secondary N) is 1. The normalized spacial score (nSPS) is 27.7. The Labute approximate surface area is 158 Å². The van der Waals surface area contributed by atoms with Crippen molar-refractivity contribution in [2.24, 2.45) is 11.3 Å². The molecular formula is C21H31ClN2O. The molecule has 1 aromatic carbocycles. The van der Waals surface area contributed by atoms with Gasteiger partial charge in [-0.2, -0.15) is 0 Å². The summed E-state index contributed by atoms with van der Waals surface area (Å²) in [6.07, 6.45) is 7.02. The van der Waals surface area contributed by atoms with Crippen LogP contribution in [-0.4, -0.2) is 30.4 Å². The molecule has 1 N–H and O–H groups in total. The van der Waals surface area contributed by atoms with Crippen LogP contribution in [0.15, 0.2) is 18.2 Å². The van der Waals surface area contributed by atoms with Crippen LogP contribution >= 0.6 is 12.4 Å². The summed E-state index contributed by atoms with van der Waals surface area (Å²) in [5.41, 5.74) is 4.43. The molecule has 2 unspecified atom stereocenters. The molecule has 25 heavy (non-hydrogen) atoms. The largest absolute Gasteiger partial charge is 0.335 e. The second-order valence-electron chi connectivity index (χ2n) is 8.20. The van der Waals surface area contributed by atoms with Crippen LogP contribution in [0, 0.1) is 25.2 Å². The van der Waals surface area contributed by atoms with E-state index in [-0.39, 0.29) is 12.4 Å². The highest BCUT2D eigenvalue weighted by Gasteiger charge is 2.59. The van der Waals surface area contributed by atoms with Crippen LogP contribution in [0.1, 0.15) is 61.3 Å². The van der Waals surface area contributed by atoms with Crippen LogP contribution in [0.5, 0.6) is 0 Å². The summed E-state index contributed by atoms with van der Waals surface area (Å²) in [6.45, 7) is 7.52. The van der Waals surface area contributed by atoms with Gasteiger partial charge in [0.1, 0.15) is 0 Å². The molecule has 2 saturated heterocycles. The number of nitrogens with zero attached hydrogens (tertiary/aromatic N) is 1. The number of amides is 1. The Balaban J connectivity index is 0.00000182. The van der Waals surface area contributed by atoms with Gasteiger partial charge >= 0.3 is 0 Å². The van der Waals surface area contributed by atoms with Crippen molar-refractivity contribution < 1.29 is 4.79 Å². The van der Waals surface area contributed by atoms with Crippen molar-refractivity contribution >= 4 is 18.3 Å². The minimum Gasteiger partial charge on any atom is -0.335 e. The van der Waals surface area contributed by atoms with Crippen molar-refractivity contribution in [3.63, 3.8) is 0 Å². The predicted octanol–water partition coefficient (Wildman–Crippen LogP) is 4.17. The minimum atomic E-state index is 0. The van der Waals surface area contributed by atoms with Crippen molar-refractivity contribution in [2.45, 2.75) is 58.4 Å². The van der Waals surface area contributed by atoms with Crippen LogP contribution in [0.4, 0.5) is 0 Å². The van der Waals surface area contributed by atoms with Crippen molar-refractivity contribution in [3.8, 4) is 0 Å². The molecule has 2 heterocycles. The van der Waals surface area contributed by atoms with Gasteiger partial charge in [0.05, 0.1) is 6.04 Å². The molecule has 4 heteroatoms. The molecule has 3 nitrogen and oxygen atoms in total. The summed E-state index contributed by atoms with van der Waals surface area (Å²) in [5, 5.41) is 3.44. The molecule has 2 aliphatic heterocycles. The zero-order valence-electron chi connectivity index (χ0n) is 15.5. The maximum atomic E-state index is 13.3. The maximum Gasteiger partial charge on any atom is 0.226 e. The fraction of sp³-hybridized carbons (Fsp3) is 0.667. The Morgan fingerprint density at radius 1 is 1.20 bits per heavy atom. The molecule has 3 fully saturated rings. The quantitative estimate of drug-likeness (QED) is 0.856. The highest BCUT2D eigenvalue weighted by atomic mass is 35.5. The van der Waals surface area contributed by atoms with Crippen LogP contribution in [0.2, 0.25) is 0 Å². The highest BCUT2D eigenvalue weighted by Crippen LogP contribution is 2.59. The number of aryl methyl sites for hydroxylation is 1. The SMILES string of the molecule is Cc1cccc(C2CCCCN2C(=O)C2CC23CCNCC3)c1C.Cl. The zero-order valence-corrected chi connectivity index (χ0v) is 16.3. The van der Waals surface area contributed by atoms with E-state index in [0.29, 0.717) is 23.3 Å². The number of halogens is 1. The van der Waals surface area contributed by atoms with E-state index in [9.17, 15) is 4.79 Å². The minimum absolute atomic E-state index is 0. The Hall–Kier alpha value is -1.06. The summed E-state index contributed by atoms with van der Waals surface area (Å²) in [7, 11) is 0. The average Bonchev–Trinajstić information content (AvgIpc) is 3.30. The first-order chi connectivity index (χ1) is 11.6. The van der Waals surface area contributed by atoms with Gasteiger partial charge in [-0.05, 0) is 87.6 Å². The molecule has 0 bridgehead atoms. The number of benzene rings is 1. The van der Waals surface area contributed by atoms with Gasteiger partial charge in [0.2, 0.25) is 5.91 Å². The van der Waals surface area contributed by atoms with E-state index < -0.39 is 0 Å². The summed E-state index contributed by atoms with van der Waals surface area (Å²) < 4.78 is 0. The van der Waals surface area contributed by atoms with Gasteiger partial charge in [0.15, 0.2) is 0 Å². The smallest absolute Gasteiger partial charge is 0.226 e. The number of carbonyl (C=O) groups is 1. The number of rotatable bonds is 2. The van der Waals surface area contributed by atoms with E-state index >= 15 is 0 Å². The summed E-state index contributed by atoms with van der Waals surface area (Å²) in [4.78, 5) is 15.6. The lowest BCUT2D eigenvalue weighted by molar-refractivity contribution is -0.137. The van der Waals surface area contributed by atoms with E-state index in [4.69, 9.17) is 0 Å². The van der Waals surface area contributed by atoms with Crippen LogP contribution in [0.3, 0.4) is 0 Å². The predicted molar refractivity (Wildman–Crippen MR) is 104 cm³/mol. The van der Waals surface area contributed by atoms with Crippen LogP contribution in [0.25, 0.3) is 0 Å². The number of piperidine rings is 2. The van der Waals surface area contributed by atoms with Crippen molar-refractivity contribution in [2.75, 3.05) is 19.6 Å². The molecule has 1 aromatic rings. The molecule has 0 aromatic heterocycles. The van der Waals surface area contributed by atoms with E-state index in [1.165, 1.54) is 36.0 Å². The van der Waals surface area contributed by atoms with E-state index in [1.54, 1.807) is 0 Å².